The van der Waals surface area contributed by atoms with Gasteiger partial charge in [-0.1, -0.05) is 146 Å². The zero-order valence-corrected chi connectivity index (χ0v) is 26.9. The lowest BCUT2D eigenvalue weighted by Crippen LogP contribution is -2.30. The summed E-state index contributed by atoms with van der Waals surface area (Å²) in [6.07, 6.45) is 0. The summed E-state index contributed by atoms with van der Waals surface area (Å²) in [4.78, 5) is 10.9. The molecule has 0 unspecified atom stereocenters. The van der Waals surface area contributed by atoms with Crippen LogP contribution in [0.3, 0.4) is 0 Å². The molecular formula is C47H27N3. The average Bonchev–Trinajstić information content (AvgIpc) is 3.68. The maximum absolute atomic E-state index is 5.47. The molecule has 3 heteroatoms. The summed E-state index contributed by atoms with van der Waals surface area (Å²) >= 11 is 0. The van der Waals surface area contributed by atoms with Crippen LogP contribution in [0.4, 0.5) is 0 Å². The minimum Gasteiger partial charge on any atom is -0.278 e. The van der Waals surface area contributed by atoms with Crippen molar-refractivity contribution in [3.8, 4) is 28.3 Å². The topological polar surface area (TPSA) is 30.7 Å². The molecule has 0 saturated carbocycles. The highest BCUT2D eigenvalue weighted by molar-refractivity contribution is 6.26. The molecule has 0 radical (unpaired) electrons. The highest BCUT2D eigenvalue weighted by Gasteiger charge is 2.50. The van der Waals surface area contributed by atoms with E-state index in [9.17, 15) is 0 Å². The van der Waals surface area contributed by atoms with Crippen LogP contribution in [0.1, 0.15) is 22.3 Å². The zero-order valence-electron chi connectivity index (χ0n) is 26.9. The Balaban J connectivity index is 1.28. The molecule has 8 aromatic carbocycles. The molecule has 0 atom stereocenters. The Morgan fingerprint density at radius 1 is 0.400 bits per heavy atom. The monoisotopic (exact) mass is 633 g/mol. The van der Waals surface area contributed by atoms with E-state index >= 15 is 0 Å². The van der Waals surface area contributed by atoms with Crippen LogP contribution in [0.15, 0.2) is 164 Å². The predicted molar refractivity (Wildman–Crippen MR) is 205 cm³/mol. The number of hydrogen-bond acceptors (Lipinski definition) is 2. The van der Waals surface area contributed by atoms with Gasteiger partial charge in [0.05, 0.1) is 27.7 Å². The summed E-state index contributed by atoms with van der Waals surface area (Å²) in [5.74, 6) is 0.685. The smallest absolute Gasteiger partial charge is 0.235 e. The van der Waals surface area contributed by atoms with Crippen LogP contribution in [0.2, 0.25) is 0 Å². The lowest BCUT2D eigenvalue weighted by Gasteiger charge is -2.37. The van der Waals surface area contributed by atoms with Gasteiger partial charge in [-0.15, -0.1) is 0 Å². The van der Waals surface area contributed by atoms with Crippen LogP contribution in [0.5, 0.6) is 0 Å². The Bertz CT molecular complexity index is 3050. The Kier molecular flexibility index (Phi) is 4.91. The lowest BCUT2D eigenvalue weighted by molar-refractivity contribution is 0.783. The first kappa shape index (κ1) is 26.4. The van der Waals surface area contributed by atoms with Gasteiger partial charge in [-0.05, 0) is 67.7 Å². The van der Waals surface area contributed by atoms with Crippen molar-refractivity contribution in [1.82, 2.24) is 14.5 Å². The molecule has 2 aliphatic rings. The van der Waals surface area contributed by atoms with Crippen molar-refractivity contribution in [2.45, 2.75) is 5.41 Å². The van der Waals surface area contributed by atoms with E-state index in [1.165, 1.54) is 60.3 Å². The highest BCUT2D eigenvalue weighted by Crippen LogP contribution is 2.62. The number of benzene rings is 8. The summed E-state index contributed by atoms with van der Waals surface area (Å²) in [5.41, 5.74) is 12.7. The van der Waals surface area contributed by atoms with Gasteiger partial charge in [0, 0.05) is 27.1 Å². The second-order valence-corrected chi connectivity index (χ2v) is 13.7. The standard InChI is InChI=1S/C47H27N3/c1-2-13-30(14-3-1)44-34-26-24-28-12-4-5-16-31(28)45(34)49-46(48-44)50-39-23-11-22-38-42(39)43-40(50)27-25-29-15-10-21-37(41(29)43)47(38)35-19-8-6-17-32(35)33-18-7-9-20-36(33)47/h1-27H. The van der Waals surface area contributed by atoms with Crippen LogP contribution >= 0.6 is 0 Å². The molecule has 3 nitrogen and oxygen atoms in total. The molecule has 0 N–H and O–H groups in total. The molecule has 0 aliphatic heterocycles. The Morgan fingerprint density at radius 3 is 1.84 bits per heavy atom. The predicted octanol–water partition coefficient (Wildman–Crippen LogP) is 11.4. The molecule has 2 heterocycles. The van der Waals surface area contributed by atoms with Crippen LogP contribution in [0, 0.1) is 0 Å². The van der Waals surface area contributed by atoms with E-state index in [4.69, 9.17) is 9.97 Å². The minimum atomic E-state index is -0.449. The van der Waals surface area contributed by atoms with Gasteiger partial charge in [0.2, 0.25) is 5.95 Å². The lowest BCUT2D eigenvalue weighted by atomic mass is 9.63. The Labute approximate surface area is 287 Å². The van der Waals surface area contributed by atoms with Gasteiger partial charge in [-0.25, -0.2) is 9.97 Å². The quantitative estimate of drug-likeness (QED) is 0.177. The fourth-order valence-corrected chi connectivity index (χ4v) is 9.50. The third kappa shape index (κ3) is 3.07. The van der Waals surface area contributed by atoms with Crippen LogP contribution < -0.4 is 0 Å². The molecule has 2 aromatic heterocycles. The number of rotatable bonds is 2. The average molecular weight is 634 g/mol. The summed E-state index contributed by atoms with van der Waals surface area (Å²) in [5, 5.41) is 8.47. The SMILES string of the molecule is c1ccc(-c2nc(-n3c4cccc5c4c4c6c(cccc6ccc43)C53c4ccccc4-c4ccccc43)nc3c2ccc2ccccc23)cc1. The maximum atomic E-state index is 5.47. The minimum absolute atomic E-state index is 0.449. The van der Waals surface area contributed by atoms with Crippen molar-refractivity contribution in [2.24, 2.45) is 0 Å². The molecule has 0 bridgehead atoms. The zero-order chi connectivity index (χ0) is 32.6. The second kappa shape index (κ2) is 9.31. The molecule has 2 aliphatic carbocycles. The van der Waals surface area contributed by atoms with Crippen LogP contribution in [-0.4, -0.2) is 14.5 Å². The molecule has 12 rings (SSSR count). The number of nitrogens with zero attached hydrogens (tertiary/aromatic N) is 3. The molecule has 0 amide bonds. The first-order chi connectivity index (χ1) is 24.8. The largest absolute Gasteiger partial charge is 0.278 e. The number of hydrogen-bond donors (Lipinski definition) is 0. The van der Waals surface area contributed by atoms with Crippen molar-refractivity contribution in [3.05, 3.63) is 186 Å². The fraction of sp³-hybridized carbons (Fsp3) is 0.0213. The normalized spacial score (nSPS) is 13.8. The summed E-state index contributed by atoms with van der Waals surface area (Å²) in [6.45, 7) is 0. The molecular weight excluding hydrogens is 607 g/mol. The van der Waals surface area contributed by atoms with Gasteiger partial charge in [-0.2, -0.15) is 0 Å². The first-order valence-corrected chi connectivity index (χ1v) is 17.3. The van der Waals surface area contributed by atoms with E-state index in [0.29, 0.717) is 5.95 Å². The number of aromatic nitrogens is 3. The molecule has 0 saturated heterocycles. The van der Waals surface area contributed by atoms with E-state index in [2.05, 4.69) is 168 Å². The van der Waals surface area contributed by atoms with Gasteiger partial charge < -0.3 is 0 Å². The first-order valence-electron chi connectivity index (χ1n) is 17.3. The van der Waals surface area contributed by atoms with Gasteiger partial charge in [0.15, 0.2) is 0 Å². The highest BCUT2D eigenvalue weighted by atomic mass is 15.2. The van der Waals surface area contributed by atoms with Crippen LogP contribution in [0.25, 0.3) is 82.6 Å². The third-order valence-corrected chi connectivity index (χ3v) is 11.4. The third-order valence-electron chi connectivity index (χ3n) is 11.4. The summed E-state index contributed by atoms with van der Waals surface area (Å²) in [7, 11) is 0. The summed E-state index contributed by atoms with van der Waals surface area (Å²) < 4.78 is 2.32. The molecule has 0 fully saturated rings. The van der Waals surface area contributed by atoms with Crippen molar-refractivity contribution < 1.29 is 0 Å². The Hall–Kier alpha value is -6.58. The van der Waals surface area contributed by atoms with Gasteiger partial charge >= 0.3 is 0 Å². The van der Waals surface area contributed by atoms with Crippen LogP contribution in [-0.2, 0) is 5.41 Å². The van der Waals surface area contributed by atoms with E-state index in [-0.39, 0.29) is 0 Å². The molecule has 1 spiro atoms. The van der Waals surface area contributed by atoms with Gasteiger partial charge in [0.25, 0.3) is 0 Å². The number of fused-ring (bicyclic) bond motifs is 10. The van der Waals surface area contributed by atoms with Crippen molar-refractivity contribution in [1.29, 1.82) is 0 Å². The van der Waals surface area contributed by atoms with E-state index in [0.717, 1.165) is 38.6 Å². The van der Waals surface area contributed by atoms with Gasteiger partial charge in [0.1, 0.15) is 0 Å². The van der Waals surface area contributed by atoms with Crippen molar-refractivity contribution in [3.63, 3.8) is 0 Å². The maximum Gasteiger partial charge on any atom is 0.235 e. The molecule has 50 heavy (non-hydrogen) atoms. The van der Waals surface area contributed by atoms with Crippen molar-refractivity contribution in [2.75, 3.05) is 0 Å². The summed E-state index contributed by atoms with van der Waals surface area (Å²) in [6, 6.07) is 59.8. The fourth-order valence-electron chi connectivity index (χ4n) is 9.50. The van der Waals surface area contributed by atoms with E-state index < -0.39 is 5.41 Å². The molecule has 10 aromatic rings. The van der Waals surface area contributed by atoms with Gasteiger partial charge in [-0.3, -0.25) is 4.57 Å². The Morgan fingerprint density at radius 2 is 1.02 bits per heavy atom. The van der Waals surface area contributed by atoms with Crippen molar-refractivity contribution >= 4 is 54.3 Å². The second-order valence-electron chi connectivity index (χ2n) is 13.7. The van der Waals surface area contributed by atoms with E-state index in [1.54, 1.807) is 0 Å². The van der Waals surface area contributed by atoms with E-state index in [1.807, 2.05) is 0 Å². The molecule has 230 valence electrons.